The van der Waals surface area contributed by atoms with Crippen LogP contribution < -0.4 is 0 Å². The minimum Gasteiger partial charge on any atom is -0.465 e. The molecular formula is C16H28O4. The number of hydrogen-bond acceptors (Lipinski definition) is 4. The predicted molar refractivity (Wildman–Crippen MR) is 77.4 cm³/mol. The molecular weight excluding hydrogens is 256 g/mol. The van der Waals surface area contributed by atoms with Gasteiger partial charge in [-0.15, -0.1) is 0 Å². The predicted octanol–water partition coefficient (Wildman–Crippen LogP) is 3.13. The van der Waals surface area contributed by atoms with Crippen LogP contribution in [0.25, 0.3) is 0 Å². The Bertz CT molecular complexity index is 351. The third kappa shape index (κ3) is 3.40. The third-order valence-corrected chi connectivity index (χ3v) is 4.27. The van der Waals surface area contributed by atoms with E-state index in [2.05, 4.69) is 6.92 Å². The lowest BCUT2D eigenvalue weighted by molar-refractivity contribution is -0.172. The highest BCUT2D eigenvalue weighted by Gasteiger charge is 2.51. The summed E-state index contributed by atoms with van der Waals surface area (Å²) in [5.41, 5.74) is -1.96. The summed E-state index contributed by atoms with van der Waals surface area (Å²) in [6.45, 7) is 9.89. The van der Waals surface area contributed by atoms with Crippen molar-refractivity contribution in [1.82, 2.24) is 0 Å². The molecule has 0 atom stereocenters. The first-order chi connectivity index (χ1) is 9.30. The van der Waals surface area contributed by atoms with Crippen molar-refractivity contribution >= 4 is 11.8 Å². The molecule has 1 aliphatic carbocycles. The van der Waals surface area contributed by atoms with E-state index in [9.17, 15) is 9.59 Å². The van der Waals surface area contributed by atoms with Gasteiger partial charge in [0.15, 0.2) is 5.78 Å². The lowest BCUT2D eigenvalue weighted by atomic mass is 9.70. The second kappa shape index (κ2) is 6.70. The van der Waals surface area contributed by atoms with Gasteiger partial charge in [-0.3, -0.25) is 9.59 Å². The molecule has 0 amide bonds. The van der Waals surface area contributed by atoms with Crippen LogP contribution in [0.2, 0.25) is 0 Å². The lowest BCUT2D eigenvalue weighted by Crippen LogP contribution is -2.53. The summed E-state index contributed by atoms with van der Waals surface area (Å²) in [6.07, 6.45) is 3.32. The van der Waals surface area contributed by atoms with Crippen molar-refractivity contribution < 1.29 is 19.1 Å². The molecule has 0 spiro atoms. The van der Waals surface area contributed by atoms with Crippen molar-refractivity contribution in [2.24, 2.45) is 11.3 Å². The molecule has 0 bridgehead atoms. The number of esters is 1. The standard InChI is InChI=1S/C16H28O4/c1-6-19-14(18)15(4,5)13(17)16(20-7-2)10-8-12(3)9-11-16/h12H,6-11H2,1-5H3. The SMILES string of the molecule is CCOC(=O)C(C)(C)C(=O)C1(OCC)CCC(C)CC1. The van der Waals surface area contributed by atoms with Crippen LogP contribution in [0.3, 0.4) is 0 Å². The van der Waals surface area contributed by atoms with E-state index in [4.69, 9.17) is 9.47 Å². The molecule has 0 aromatic heterocycles. The van der Waals surface area contributed by atoms with Gasteiger partial charge in [-0.1, -0.05) is 6.92 Å². The molecule has 20 heavy (non-hydrogen) atoms. The second-order valence-electron chi connectivity index (χ2n) is 6.28. The molecule has 4 nitrogen and oxygen atoms in total. The Morgan fingerprint density at radius 1 is 1.15 bits per heavy atom. The van der Waals surface area contributed by atoms with Gasteiger partial charge < -0.3 is 9.47 Å². The smallest absolute Gasteiger partial charge is 0.319 e. The molecule has 1 saturated carbocycles. The Labute approximate surface area is 122 Å². The van der Waals surface area contributed by atoms with E-state index in [0.29, 0.717) is 25.4 Å². The van der Waals surface area contributed by atoms with E-state index in [1.54, 1.807) is 20.8 Å². The molecule has 0 aliphatic heterocycles. The van der Waals surface area contributed by atoms with Gasteiger partial charge in [-0.2, -0.15) is 0 Å². The van der Waals surface area contributed by atoms with Crippen LogP contribution in [0.1, 0.15) is 60.3 Å². The molecule has 4 heteroatoms. The zero-order valence-corrected chi connectivity index (χ0v) is 13.5. The molecule has 1 fully saturated rings. The number of ketones is 1. The van der Waals surface area contributed by atoms with Gasteiger partial charge in [0.1, 0.15) is 11.0 Å². The highest BCUT2D eigenvalue weighted by molar-refractivity contribution is 6.07. The maximum absolute atomic E-state index is 12.9. The van der Waals surface area contributed by atoms with Crippen LogP contribution >= 0.6 is 0 Å². The van der Waals surface area contributed by atoms with E-state index < -0.39 is 17.0 Å². The number of carbonyl (C=O) groups excluding carboxylic acids is 2. The normalized spacial score (nSPS) is 27.1. The van der Waals surface area contributed by atoms with Crippen LogP contribution in [0.5, 0.6) is 0 Å². The second-order valence-corrected chi connectivity index (χ2v) is 6.28. The Balaban J connectivity index is 2.96. The van der Waals surface area contributed by atoms with Gasteiger partial charge in [0.05, 0.1) is 6.61 Å². The summed E-state index contributed by atoms with van der Waals surface area (Å²) < 4.78 is 10.9. The fourth-order valence-electron chi connectivity index (χ4n) is 2.92. The minimum absolute atomic E-state index is 0.128. The average molecular weight is 284 g/mol. The van der Waals surface area contributed by atoms with Crippen LogP contribution in [0.4, 0.5) is 0 Å². The third-order valence-electron chi connectivity index (χ3n) is 4.27. The van der Waals surface area contributed by atoms with Gasteiger partial charge in [-0.05, 0) is 59.3 Å². The monoisotopic (exact) mass is 284 g/mol. The van der Waals surface area contributed by atoms with Crippen LogP contribution in [0, 0.1) is 11.3 Å². The van der Waals surface area contributed by atoms with Crippen LogP contribution in [0.15, 0.2) is 0 Å². The Kier molecular flexibility index (Phi) is 5.75. The topological polar surface area (TPSA) is 52.6 Å². The fraction of sp³-hybridized carbons (Fsp3) is 0.875. The molecule has 0 unspecified atom stereocenters. The summed E-state index contributed by atoms with van der Waals surface area (Å²) in [5, 5.41) is 0. The van der Waals surface area contributed by atoms with E-state index >= 15 is 0 Å². The van der Waals surface area contributed by atoms with Crippen molar-refractivity contribution in [2.75, 3.05) is 13.2 Å². The quantitative estimate of drug-likeness (QED) is 0.555. The van der Waals surface area contributed by atoms with Gasteiger partial charge in [0, 0.05) is 6.61 Å². The largest absolute Gasteiger partial charge is 0.465 e. The Morgan fingerprint density at radius 2 is 1.70 bits per heavy atom. The highest BCUT2D eigenvalue weighted by Crippen LogP contribution is 2.40. The maximum atomic E-state index is 12.9. The van der Waals surface area contributed by atoms with Crippen molar-refractivity contribution in [3.63, 3.8) is 0 Å². The molecule has 1 rings (SSSR count). The Hall–Kier alpha value is -0.900. The maximum Gasteiger partial charge on any atom is 0.319 e. The summed E-state index contributed by atoms with van der Waals surface area (Å²) in [5.74, 6) is 0.0296. The van der Waals surface area contributed by atoms with E-state index in [1.807, 2.05) is 6.92 Å². The fourth-order valence-corrected chi connectivity index (χ4v) is 2.92. The summed E-state index contributed by atoms with van der Waals surface area (Å²) in [7, 11) is 0. The number of ether oxygens (including phenoxy) is 2. The number of carbonyl (C=O) groups is 2. The molecule has 0 radical (unpaired) electrons. The van der Waals surface area contributed by atoms with Crippen molar-refractivity contribution in [1.29, 1.82) is 0 Å². The number of Topliss-reactive ketones (excluding diaryl/α,β-unsaturated/α-hetero) is 1. The molecule has 0 heterocycles. The van der Waals surface area contributed by atoms with Crippen molar-refractivity contribution in [3.8, 4) is 0 Å². The number of hydrogen-bond donors (Lipinski definition) is 0. The first-order valence-corrected chi connectivity index (χ1v) is 7.66. The summed E-state index contributed by atoms with van der Waals surface area (Å²) in [6, 6.07) is 0. The zero-order chi connectivity index (χ0) is 15.4. The van der Waals surface area contributed by atoms with E-state index in [-0.39, 0.29) is 12.4 Å². The van der Waals surface area contributed by atoms with Crippen LogP contribution in [-0.4, -0.2) is 30.6 Å². The lowest BCUT2D eigenvalue weighted by Gasteiger charge is -2.41. The average Bonchev–Trinajstić information content (AvgIpc) is 2.41. The van der Waals surface area contributed by atoms with E-state index in [0.717, 1.165) is 12.8 Å². The molecule has 0 aromatic carbocycles. The van der Waals surface area contributed by atoms with Gasteiger partial charge in [-0.25, -0.2) is 0 Å². The Morgan fingerprint density at radius 3 is 2.15 bits per heavy atom. The summed E-state index contributed by atoms with van der Waals surface area (Å²) in [4.78, 5) is 25.0. The minimum atomic E-state index is -1.15. The van der Waals surface area contributed by atoms with E-state index in [1.165, 1.54) is 0 Å². The first kappa shape index (κ1) is 17.2. The van der Waals surface area contributed by atoms with Crippen molar-refractivity contribution in [3.05, 3.63) is 0 Å². The first-order valence-electron chi connectivity index (χ1n) is 7.66. The molecule has 1 aliphatic rings. The van der Waals surface area contributed by atoms with Crippen LogP contribution in [-0.2, 0) is 19.1 Å². The summed E-state index contributed by atoms with van der Waals surface area (Å²) >= 11 is 0. The highest BCUT2D eigenvalue weighted by atomic mass is 16.5. The van der Waals surface area contributed by atoms with Gasteiger partial charge in [0.25, 0.3) is 0 Å². The molecule has 0 aromatic rings. The van der Waals surface area contributed by atoms with Gasteiger partial charge in [0.2, 0.25) is 0 Å². The zero-order valence-electron chi connectivity index (χ0n) is 13.5. The van der Waals surface area contributed by atoms with Crippen molar-refractivity contribution in [2.45, 2.75) is 65.9 Å². The number of rotatable bonds is 6. The molecule has 0 saturated heterocycles. The molecule has 116 valence electrons. The van der Waals surface area contributed by atoms with Gasteiger partial charge >= 0.3 is 5.97 Å². The molecule has 0 N–H and O–H groups in total.